The highest BCUT2D eigenvalue weighted by molar-refractivity contribution is 7.22. The van der Waals surface area contributed by atoms with Gasteiger partial charge in [-0.3, -0.25) is 4.79 Å². The number of alkyl halides is 3. The van der Waals surface area contributed by atoms with Crippen molar-refractivity contribution >= 4 is 32.6 Å². The van der Waals surface area contributed by atoms with Crippen molar-refractivity contribution in [1.82, 2.24) is 9.88 Å². The fraction of sp³-hybridized carbons (Fsp3) is 0.263. The van der Waals surface area contributed by atoms with Crippen LogP contribution >= 0.6 is 11.3 Å². The number of rotatable bonds is 2. The first-order valence-corrected chi connectivity index (χ1v) is 9.41. The van der Waals surface area contributed by atoms with E-state index in [4.69, 9.17) is 0 Å². The van der Waals surface area contributed by atoms with E-state index >= 15 is 0 Å². The Morgan fingerprint density at radius 2 is 1.75 bits per heavy atom. The molecule has 1 amide bonds. The number of hydrogen-bond acceptors (Lipinski definition) is 4. The van der Waals surface area contributed by atoms with Gasteiger partial charge in [-0.05, 0) is 30.3 Å². The van der Waals surface area contributed by atoms with Crippen LogP contribution in [0, 0.1) is 5.82 Å². The zero-order valence-electron chi connectivity index (χ0n) is 14.5. The number of carbonyl (C=O) groups is 1. The van der Waals surface area contributed by atoms with E-state index in [1.165, 1.54) is 34.4 Å². The minimum absolute atomic E-state index is 0.0188. The van der Waals surface area contributed by atoms with Crippen LogP contribution in [-0.2, 0) is 6.18 Å². The van der Waals surface area contributed by atoms with Gasteiger partial charge in [0.25, 0.3) is 5.91 Å². The molecule has 0 saturated carbocycles. The van der Waals surface area contributed by atoms with Gasteiger partial charge in [-0.25, -0.2) is 9.37 Å². The summed E-state index contributed by atoms with van der Waals surface area (Å²) >= 11 is 1.38. The number of hydrogen-bond donors (Lipinski definition) is 0. The second kappa shape index (κ2) is 7.05. The smallest absolute Gasteiger partial charge is 0.345 e. The van der Waals surface area contributed by atoms with Crippen LogP contribution in [-0.4, -0.2) is 42.0 Å². The van der Waals surface area contributed by atoms with Crippen LogP contribution in [0.15, 0.2) is 42.5 Å². The first kappa shape index (κ1) is 18.7. The van der Waals surface area contributed by atoms with E-state index in [0.717, 1.165) is 16.8 Å². The molecule has 0 radical (unpaired) electrons. The second-order valence-corrected chi connectivity index (χ2v) is 7.45. The number of carbonyl (C=O) groups excluding carboxylic acids is 1. The molecule has 1 aliphatic rings. The van der Waals surface area contributed by atoms with Gasteiger partial charge < -0.3 is 9.80 Å². The van der Waals surface area contributed by atoms with Crippen LogP contribution < -0.4 is 4.90 Å². The molecule has 1 saturated heterocycles. The lowest BCUT2D eigenvalue weighted by atomic mass is 10.1. The normalized spacial score (nSPS) is 15.3. The molecule has 1 aromatic heterocycles. The van der Waals surface area contributed by atoms with E-state index in [-0.39, 0.29) is 11.4 Å². The van der Waals surface area contributed by atoms with E-state index in [2.05, 4.69) is 4.98 Å². The molecule has 1 aliphatic heterocycles. The molecule has 0 aliphatic carbocycles. The molecule has 0 spiro atoms. The third kappa shape index (κ3) is 3.54. The molecule has 0 atom stereocenters. The van der Waals surface area contributed by atoms with Gasteiger partial charge in [-0.2, -0.15) is 13.2 Å². The zero-order chi connectivity index (χ0) is 19.9. The summed E-state index contributed by atoms with van der Waals surface area (Å²) in [7, 11) is 0. The zero-order valence-corrected chi connectivity index (χ0v) is 15.4. The number of para-hydroxylation sites is 1. The first-order chi connectivity index (χ1) is 13.3. The molecular formula is C19H15F4N3OS. The number of aromatic nitrogens is 1. The van der Waals surface area contributed by atoms with E-state index in [9.17, 15) is 22.4 Å². The molecule has 0 bridgehead atoms. The highest BCUT2D eigenvalue weighted by Crippen LogP contribution is 2.32. The Bertz CT molecular complexity index is 1030. The summed E-state index contributed by atoms with van der Waals surface area (Å²) in [6.07, 6.45) is -4.49. The fourth-order valence-electron chi connectivity index (χ4n) is 3.15. The van der Waals surface area contributed by atoms with Gasteiger partial charge in [-0.15, -0.1) is 0 Å². The lowest BCUT2D eigenvalue weighted by Gasteiger charge is -2.34. The highest BCUT2D eigenvalue weighted by Gasteiger charge is 2.32. The van der Waals surface area contributed by atoms with Crippen molar-refractivity contribution in [2.75, 3.05) is 31.1 Å². The molecule has 146 valence electrons. The summed E-state index contributed by atoms with van der Waals surface area (Å²) in [6.45, 7) is 1.67. The topological polar surface area (TPSA) is 36.4 Å². The summed E-state index contributed by atoms with van der Waals surface area (Å²) in [5.41, 5.74) is -0.496. The van der Waals surface area contributed by atoms with Crippen molar-refractivity contribution in [1.29, 1.82) is 0 Å². The lowest BCUT2D eigenvalue weighted by Crippen LogP contribution is -2.48. The van der Waals surface area contributed by atoms with Crippen molar-refractivity contribution in [3.63, 3.8) is 0 Å². The van der Waals surface area contributed by atoms with Crippen LogP contribution in [0.5, 0.6) is 0 Å². The first-order valence-electron chi connectivity index (χ1n) is 8.59. The maximum absolute atomic E-state index is 13.8. The Morgan fingerprint density at radius 1 is 1.04 bits per heavy atom. The molecule has 1 fully saturated rings. The standard InChI is InChI=1S/C19H15F4N3OS/c20-14-5-2-6-15-16(14)24-18(28-15)26-9-7-25(8-10-26)17(27)12-3-1-4-13(11-12)19(21,22)23/h1-6,11H,7-10H2. The molecule has 9 heteroatoms. The Kier molecular flexibility index (Phi) is 4.70. The van der Waals surface area contributed by atoms with Crippen LogP contribution in [0.2, 0.25) is 0 Å². The summed E-state index contributed by atoms with van der Waals surface area (Å²) in [5, 5.41) is 0.672. The minimum atomic E-state index is -4.49. The number of amides is 1. The summed E-state index contributed by atoms with van der Waals surface area (Å²) in [5.74, 6) is -0.806. The molecular weight excluding hydrogens is 394 g/mol. The van der Waals surface area contributed by atoms with E-state index < -0.39 is 17.6 Å². The van der Waals surface area contributed by atoms with Gasteiger partial charge in [0.1, 0.15) is 11.3 Å². The molecule has 0 N–H and O–H groups in total. The Balaban J connectivity index is 1.46. The number of thiazole rings is 1. The quantitative estimate of drug-likeness (QED) is 0.588. The van der Waals surface area contributed by atoms with Gasteiger partial charge >= 0.3 is 6.18 Å². The maximum Gasteiger partial charge on any atom is 0.416 e. The summed E-state index contributed by atoms with van der Waals surface area (Å²) in [4.78, 5) is 20.4. The van der Waals surface area contributed by atoms with Gasteiger partial charge in [0.05, 0.1) is 10.3 Å². The lowest BCUT2D eigenvalue weighted by molar-refractivity contribution is -0.137. The SMILES string of the molecule is O=C(c1cccc(C(F)(F)F)c1)N1CCN(c2nc3c(F)cccc3s2)CC1. The molecule has 0 unspecified atom stereocenters. The van der Waals surface area contributed by atoms with Crippen molar-refractivity contribution in [2.24, 2.45) is 0 Å². The Hall–Kier alpha value is -2.68. The number of halogens is 4. The molecule has 4 nitrogen and oxygen atoms in total. The maximum atomic E-state index is 13.8. The van der Waals surface area contributed by atoms with Gasteiger partial charge in [0.2, 0.25) is 0 Å². The Morgan fingerprint density at radius 3 is 2.43 bits per heavy atom. The number of fused-ring (bicyclic) bond motifs is 1. The number of nitrogens with zero attached hydrogens (tertiary/aromatic N) is 3. The molecule has 2 aromatic carbocycles. The van der Waals surface area contributed by atoms with Crippen molar-refractivity contribution in [2.45, 2.75) is 6.18 Å². The van der Waals surface area contributed by atoms with Crippen molar-refractivity contribution in [3.05, 3.63) is 59.4 Å². The van der Waals surface area contributed by atoms with Crippen LogP contribution in [0.4, 0.5) is 22.7 Å². The molecule has 3 aromatic rings. The molecule has 2 heterocycles. The van der Waals surface area contributed by atoms with Crippen molar-refractivity contribution < 1.29 is 22.4 Å². The van der Waals surface area contributed by atoms with Crippen LogP contribution in [0.25, 0.3) is 10.2 Å². The average Bonchev–Trinajstić information content (AvgIpc) is 3.13. The number of benzene rings is 2. The fourth-order valence-corrected chi connectivity index (χ4v) is 4.18. The van der Waals surface area contributed by atoms with Crippen LogP contribution in [0.1, 0.15) is 15.9 Å². The summed E-state index contributed by atoms with van der Waals surface area (Å²) in [6, 6.07) is 9.24. The van der Waals surface area contributed by atoms with Gasteiger partial charge in [0, 0.05) is 31.7 Å². The summed E-state index contributed by atoms with van der Waals surface area (Å²) < 4.78 is 53.2. The van der Waals surface area contributed by atoms with E-state index in [1.54, 1.807) is 12.1 Å². The van der Waals surface area contributed by atoms with Gasteiger partial charge in [0.15, 0.2) is 5.13 Å². The third-order valence-corrected chi connectivity index (χ3v) is 5.71. The molecule has 4 rings (SSSR count). The Labute approximate surface area is 162 Å². The largest absolute Gasteiger partial charge is 0.416 e. The highest BCUT2D eigenvalue weighted by atomic mass is 32.1. The number of anilines is 1. The minimum Gasteiger partial charge on any atom is -0.345 e. The monoisotopic (exact) mass is 409 g/mol. The van der Waals surface area contributed by atoms with Gasteiger partial charge in [-0.1, -0.05) is 23.5 Å². The van der Waals surface area contributed by atoms with E-state index in [0.29, 0.717) is 36.8 Å². The average molecular weight is 409 g/mol. The number of piperazine rings is 1. The predicted molar refractivity (Wildman–Crippen MR) is 99.1 cm³/mol. The third-order valence-electron chi connectivity index (χ3n) is 4.63. The van der Waals surface area contributed by atoms with E-state index in [1.807, 2.05) is 4.90 Å². The molecule has 28 heavy (non-hydrogen) atoms. The van der Waals surface area contributed by atoms with Crippen LogP contribution in [0.3, 0.4) is 0 Å². The van der Waals surface area contributed by atoms with Crippen molar-refractivity contribution in [3.8, 4) is 0 Å². The second-order valence-electron chi connectivity index (χ2n) is 6.44. The predicted octanol–water partition coefficient (Wildman–Crippen LogP) is 4.42.